The second kappa shape index (κ2) is 6.54. The predicted octanol–water partition coefficient (Wildman–Crippen LogP) is 2.30. The van der Waals surface area contributed by atoms with Crippen molar-refractivity contribution >= 4 is 5.91 Å². The van der Waals surface area contributed by atoms with Crippen LogP contribution in [-0.2, 0) is 0 Å². The number of hydrogen-bond donors (Lipinski definition) is 0. The Bertz CT molecular complexity index is 662. The molecule has 0 saturated carbocycles. The van der Waals surface area contributed by atoms with E-state index >= 15 is 0 Å². The SMILES string of the molecule is CC1CN(C(=O)c2cc(F)c(F)c(F)c2F)CC(C)N1CC#N. The van der Waals surface area contributed by atoms with Gasteiger partial charge in [-0.05, 0) is 19.9 Å². The first-order chi connectivity index (χ1) is 10.8. The van der Waals surface area contributed by atoms with Gasteiger partial charge in [0.25, 0.3) is 5.91 Å². The number of halogens is 4. The quantitative estimate of drug-likeness (QED) is 0.362. The van der Waals surface area contributed by atoms with E-state index in [1.54, 1.807) is 13.8 Å². The van der Waals surface area contributed by atoms with Gasteiger partial charge in [0.1, 0.15) is 0 Å². The van der Waals surface area contributed by atoms with Gasteiger partial charge >= 0.3 is 0 Å². The van der Waals surface area contributed by atoms with Crippen LogP contribution in [0.2, 0.25) is 0 Å². The molecule has 2 rings (SSSR count). The maximum absolute atomic E-state index is 13.8. The lowest BCUT2D eigenvalue weighted by molar-refractivity contribution is 0.0358. The minimum atomic E-state index is -2.00. The molecular weight excluding hydrogens is 314 g/mol. The number of hydrogen-bond acceptors (Lipinski definition) is 3. The van der Waals surface area contributed by atoms with Crippen molar-refractivity contribution in [2.75, 3.05) is 19.6 Å². The van der Waals surface area contributed by atoms with Crippen molar-refractivity contribution in [1.82, 2.24) is 9.80 Å². The van der Waals surface area contributed by atoms with Crippen LogP contribution in [-0.4, -0.2) is 47.4 Å². The molecule has 23 heavy (non-hydrogen) atoms. The fourth-order valence-corrected chi connectivity index (χ4v) is 2.81. The smallest absolute Gasteiger partial charge is 0.257 e. The summed E-state index contributed by atoms with van der Waals surface area (Å²) in [6.07, 6.45) is 0. The van der Waals surface area contributed by atoms with E-state index in [1.807, 2.05) is 11.0 Å². The molecule has 2 unspecified atom stereocenters. The summed E-state index contributed by atoms with van der Waals surface area (Å²) in [5.41, 5.74) is -0.838. The number of carbonyl (C=O) groups is 1. The second-order valence-corrected chi connectivity index (χ2v) is 5.59. The summed E-state index contributed by atoms with van der Waals surface area (Å²) in [5.74, 6) is -8.17. The molecule has 124 valence electrons. The van der Waals surface area contributed by atoms with Crippen LogP contribution in [0, 0.1) is 34.6 Å². The molecule has 4 nitrogen and oxygen atoms in total. The number of nitrogens with zero attached hydrogens (tertiary/aromatic N) is 3. The average Bonchev–Trinajstić information content (AvgIpc) is 2.51. The Morgan fingerprint density at radius 1 is 1.17 bits per heavy atom. The summed E-state index contributed by atoms with van der Waals surface area (Å²) in [5, 5.41) is 8.79. The highest BCUT2D eigenvalue weighted by molar-refractivity contribution is 5.94. The maximum atomic E-state index is 13.8. The third kappa shape index (κ3) is 3.15. The summed E-state index contributed by atoms with van der Waals surface area (Å²) in [4.78, 5) is 15.5. The topological polar surface area (TPSA) is 47.3 Å². The number of rotatable bonds is 2. The van der Waals surface area contributed by atoms with Gasteiger partial charge in [0, 0.05) is 25.2 Å². The lowest BCUT2D eigenvalue weighted by atomic mass is 10.1. The number of benzene rings is 1. The number of amides is 1. The normalized spacial score (nSPS) is 22.0. The zero-order chi connectivity index (χ0) is 17.3. The predicted molar refractivity (Wildman–Crippen MR) is 73.4 cm³/mol. The van der Waals surface area contributed by atoms with Crippen LogP contribution in [0.1, 0.15) is 24.2 Å². The molecule has 0 N–H and O–H groups in total. The third-order valence-corrected chi connectivity index (χ3v) is 3.98. The molecule has 1 aliphatic rings. The van der Waals surface area contributed by atoms with Crippen molar-refractivity contribution in [2.45, 2.75) is 25.9 Å². The number of carbonyl (C=O) groups excluding carboxylic acids is 1. The largest absolute Gasteiger partial charge is 0.335 e. The molecular formula is C15H15F4N3O. The Morgan fingerprint density at radius 2 is 1.74 bits per heavy atom. The first-order valence-corrected chi connectivity index (χ1v) is 7.02. The van der Waals surface area contributed by atoms with Crippen molar-refractivity contribution in [3.8, 4) is 6.07 Å². The van der Waals surface area contributed by atoms with Crippen molar-refractivity contribution in [3.63, 3.8) is 0 Å². The van der Waals surface area contributed by atoms with Gasteiger partial charge in [-0.2, -0.15) is 5.26 Å². The molecule has 0 bridgehead atoms. The van der Waals surface area contributed by atoms with Gasteiger partial charge in [0.05, 0.1) is 18.2 Å². The highest BCUT2D eigenvalue weighted by Gasteiger charge is 2.34. The highest BCUT2D eigenvalue weighted by atomic mass is 19.2. The van der Waals surface area contributed by atoms with Crippen molar-refractivity contribution in [3.05, 3.63) is 34.9 Å². The molecule has 1 amide bonds. The average molecular weight is 329 g/mol. The summed E-state index contributed by atoms with van der Waals surface area (Å²) >= 11 is 0. The van der Waals surface area contributed by atoms with E-state index in [2.05, 4.69) is 0 Å². The van der Waals surface area contributed by atoms with E-state index < -0.39 is 34.7 Å². The monoisotopic (exact) mass is 329 g/mol. The third-order valence-electron chi connectivity index (χ3n) is 3.98. The fraction of sp³-hybridized carbons (Fsp3) is 0.467. The van der Waals surface area contributed by atoms with Gasteiger partial charge < -0.3 is 4.90 Å². The Hall–Kier alpha value is -2.14. The Labute approximate surface area is 130 Å². The molecule has 1 fully saturated rings. The van der Waals surface area contributed by atoms with E-state index in [9.17, 15) is 22.4 Å². The molecule has 1 aromatic rings. The Kier molecular flexibility index (Phi) is 4.90. The lowest BCUT2D eigenvalue weighted by Crippen LogP contribution is -2.58. The van der Waals surface area contributed by atoms with E-state index in [4.69, 9.17) is 5.26 Å². The Balaban J connectivity index is 2.28. The van der Waals surface area contributed by atoms with Gasteiger partial charge in [-0.1, -0.05) is 0 Å². The molecule has 2 atom stereocenters. The maximum Gasteiger partial charge on any atom is 0.257 e. The number of piperazine rings is 1. The number of nitriles is 1. The summed E-state index contributed by atoms with van der Waals surface area (Å²) in [6.45, 7) is 4.10. The molecule has 1 aliphatic heterocycles. The summed E-state index contributed by atoms with van der Waals surface area (Å²) in [7, 11) is 0. The van der Waals surface area contributed by atoms with Crippen LogP contribution in [0.5, 0.6) is 0 Å². The van der Waals surface area contributed by atoms with Crippen LogP contribution in [0.3, 0.4) is 0 Å². The van der Waals surface area contributed by atoms with Crippen LogP contribution in [0.15, 0.2) is 6.07 Å². The minimum Gasteiger partial charge on any atom is -0.335 e. The first-order valence-electron chi connectivity index (χ1n) is 7.02. The highest BCUT2D eigenvalue weighted by Crippen LogP contribution is 2.22. The van der Waals surface area contributed by atoms with Gasteiger partial charge in [0.15, 0.2) is 23.3 Å². The van der Waals surface area contributed by atoms with Crippen LogP contribution in [0.4, 0.5) is 17.6 Å². The molecule has 0 radical (unpaired) electrons. The zero-order valence-corrected chi connectivity index (χ0v) is 12.6. The van der Waals surface area contributed by atoms with Gasteiger partial charge in [-0.15, -0.1) is 0 Å². The van der Waals surface area contributed by atoms with Crippen molar-refractivity contribution in [1.29, 1.82) is 5.26 Å². The minimum absolute atomic E-state index is 0.172. The van der Waals surface area contributed by atoms with E-state index in [-0.39, 0.29) is 31.7 Å². The summed E-state index contributed by atoms with van der Waals surface area (Å²) in [6, 6.07) is 2.03. The molecule has 0 spiro atoms. The molecule has 0 aromatic heterocycles. The van der Waals surface area contributed by atoms with Crippen LogP contribution < -0.4 is 0 Å². The fourth-order valence-electron chi connectivity index (χ4n) is 2.81. The molecule has 1 saturated heterocycles. The summed E-state index contributed by atoms with van der Waals surface area (Å²) < 4.78 is 53.3. The lowest BCUT2D eigenvalue weighted by Gasteiger charge is -2.43. The van der Waals surface area contributed by atoms with E-state index in [1.165, 1.54) is 4.90 Å². The van der Waals surface area contributed by atoms with Gasteiger partial charge in [-0.3, -0.25) is 9.69 Å². The van der Waals surface area contributed by atoms with Crippen molar-refractivity contribution in [2.24, 2.45) is 0 Å². The van der Waals surface area contributed by atoms with E-state index in [0.29, 0.717) is 6.07 Å². The van der Waals surface area contributed by atoms with Crippen molar-refractivity contribution < 1.29 is 22.4 Å². The second-order valence-electron chi connectivity index (χ2n) is 5.59. The van der Waals surface area contributed by atoms with E-state index in [0.717, 1.165) is 0 Å². The van der Waals surface area contributed by atoms with Crippen LogP contribution >= 0.6 is 0 Å². The molecule has 8 heteroatoms. The Morgan fingerprint density at radius 3 is 2.26 bits per heavy atom. The first kappa shape index (κ1) is 17.2. The van der Waals surface area contributed by atoms with Crippen LogP contribution in [0.25, 0.3) is 0 Å². The van der Waals surface area contributed by atoms with Gasteiger partial charge in [-0.25, -0.2) is 17.6 Å². The standard InChI is InChI=1S/C15H15F4N3O/c1-8-6-21(7-9(2)22(8)4-3-20)15(23)10-5-11(16)13(18)14(19)12(10)17/h5,8-9H,4,6-7H2,1-2H3. The molecule has 0 aliphatic carbocycles. The van der Waals surface area contributed by atoms with Gasteiger partial charge in [0.2, 0.25) is 0 Å². The zero-order valence-electron chi connectivity index (χ0n) is 12.6. The molecule has 1 heterocycles. The molecule has 1 aromatic carbocycles.